The molecule has 4 aromatic rings. The number of anilines is 1. The summed E-state index contributed by atoms with van der Waals surface area (Å²) in [5.41, 5.74) is 2.30. The number of carbonyl (C=O) groups excluding carboxylic acids is 1. The maximum absolute atomic E-state index is 13.2. The molecule has 0 aliphatic heterocycles. The van der Waals surface area contributed by atoms with Gasteiger partial charge in [-0.2, -0.15) is 9.50 Å². The number of aryl methyl sites for hydroxylation is 1. The number of hydrogen-bond acceptors (Lipinski definition) is 6. The molecule has 0 saturated heterocycles. The van der Waals surface area contributed by atoms with Crippen molar-refractivity contribution >= 4 is 28.2 Å². The van der Waals surface area contributed by atoms with Gasteiger partial charge in [0.1, 0.15) is 0 Å². The zero-order valence-corrected chi connectivity index (χ0v) is 17.4. The predicted octanol–water partition coefficient (Wildman–Crippen LogP) is 3.00. The van der Waals surface area contributed by atoms with Gasteiger partial charge in [-0.3, -0.25) is 9.59 Å². The van der Waals surface area contributed by atoms with Gasteiger partial charge in [-0.25, -0.2) is 4.98 Å². The molecule has 3 aromatic heterocycles. The molecule has 9 heteroatoms. The van der Waals surface area contributed by atoms with Crippen LogP contribution in [0, 0.1) is 13.8 Å². The molecule has 1 amide bonds. The van der Waals surface area contributed by atoms with E-state index < -0.39 is 0 Å². The summed E-state index contributed by atoms with van der Waals surface area (Å²) in [5.74, 6) is 0.554. The fraction of sp³-hybridized carbons (Fsp3) is 0.190. The number of hydrogen-bond donors (Lipinski definition) is 1. The Hall–Kier alpha value is -3.59. The Balaban J connectivity index is 1.78. The van der Waals surface area contributed by atoms with Gasteiger partial charge in [-0.1, -0.05) is 36.4 Å². The number of thiazole rings is 1. The van der Waals surface area contributed by atoms with Crippen molar-refractivity contribution in [2.45, 2.75) is 26.8 Å². The second-order valence-corrected chi connectivity index (χ2v) is 7.66. The molecule has 1 N–H and O–H groups in total. The van der Waals surface area contributed by atoms with Crippen LogP contribution in [0.2, 0.25) is 0 Å². The van der Waals surface area contributed by atoms with Crippen molar-refractivity contribution in [1.29, 1.82) is 0 Å². The highest BCUT2D eigenvalue weighted by Crippen LogP contribution is 2.18. The van der Waals surface area contributed by atoms with E-state index in [1.54, 1.807) is 13.0 Å². The minimum atomic E-state index is -0.358. The molecule has 0 spiro atoms. The van der Waals surface area contributed by atoms with Crippen molar-refractivity contribution in [2.75, 3.05) is 5.32 Å². The molecule has 4 rings (SSSR count). The van der Waals surface area contributed by atoms with E-state index in [0.717, 1.165) is 11.3 Å². The van der Waals surface area contributed by atoms with Gasteiger partial charge in [0.05, 0.1) is 12.1 Å². The Kier molecular flexibility index (Phi) is 5.28. The van der Waals surface area contributed by atoms with E-state index in [1.165, 1.54) is 15.9 Å². The van der Waals surface area contributed by atoms with Crippen molar-refractivity contribution in [3.8, 4) is 11.4 Å². The Labute approximate surface area is 176 Å². The van der Waals surface area contributed by atoms with Gasteiger partial charge in [-0.05, 0) is 13.8 Å². The molecule has 8 nitrogen and oxygen atoms in total. The maximum Gasteiger partial charge on any atom is 0.279 e. The number of carbonyl (C=O) groups is 1. The van der Waals surface area contributed by atoms with Crippen molar-refractivity contribution < 1.29 is 4.79 Å². The summed E-state index contributed by atoms with van der Waals surface area (Å²) in [6, 6.07) is 9.44. The van der Waals surface area contributed by atoms with E-state index in [4.69, 9.17) is 0 Å². The van der Waals surface area contributed by atoms with Gasteiger partial charge in [-0.15, -0.1) is 23.0 Å². The Morgan fingerprint density at radius 3 is 2.67 bits per heavy atom. The van der Waals surface area contributed by atoms with Crippen molar-refractivity contribution in [2.24, 2.45) is 0 Å². The molecular weight excluding hydrogens is 400 g/mol. The molecule has 1 aromatic carbocycles. The van der Waals surface area contributed by atoms with E-state index in [-0.39, 0.29) is 17.9 Å². The number of nitrogens with one attached hydrogen (secondary N) is 1. The lowest BCUT2D eigenvalue weighted by atomic mass is 10.1. The lowest BCUT2D eigenvalue weighted by Gasteiger charge is -2.13. The number of benzene rings is 1. The Morgan fingerprint density at radius 1 is 1.23 bits per heavy atom. The lowest BCUT2D eigenvalue weighted by Crippen LogP contribution is -2.29. The lowest BCUT2D eigenvalue weighted by molar-refractivity contribution is -0.115. The fourth-order valence-electron chi connectivity index (χ4n) is 3.21. The number of rotatable bonds is 6. The Morgan fingerprint density at radius 2 is 2.00 bits per heavy atom. The fourth-order valence-corrected chi connectivity index (χ4v) is 3.91. The van der Waals surface area contributed by atoms with Crippen LogP contribution in [0.5, 0.6) is 0 Å². The van der Waals surface area contributed by atoms with E-state index in [9.17, 15) is 9.59 Å². The quantitative estimate of drug-likeness (QED) is 0.484. The third-order valence-electron chi connectivity index (χ3n) is 4.67. The zero-order valence-electron chi connectivity index (χ0n) is 16.6. The summed E-state index contributed by atoms with van der Waals surface area (Å²) < 4.78 is 3.10. The van der Waals surface area contributed by atoms with Crippen LogP contribution in [0.1, 0.15) is 17.0 Å². The highest BCUT2D eigenvalue weighted by Gasteiger charge is 2.20. The number of nitrogens with zero attached hydrogens (tertiary/aromatic N) is 5. The SMILES string of the molecule is C=CCn1c(C)c(CC(=O)Nc2nc(C)cs2)c(=O)n2nc(-c3ccccc3)nc12. The third kappa shape index (κ3) is 3.67. The van der Waals surface area contributed by atoms with Crippen molar-refractivity contribution in [3.05, 3.63) is 75.7 Å². The summed E-state index contributed by atoms with van der Waals surface area (Å²) in [6.45, 7) is 7.89. The molecule has 0 radical (unpaired) electrons. The molecule has 0 unspecified atom stereocenters. The predicted molar refractivity (Wildman–Crippen MR) is 117 cm³/mol. The van der Waals surface area contributed by atoms with Gasteiger partial charge in [0.2, 0.25) is 11.7 Å². The van der Waals surface area contributed by atoms with Crippen molar-refractivity contribution in [3.63, 3.8) is 0 Å². The molecule has 0 aliphatic rings. The number of aromatic nitrogens is 5. The zero-order chi connectivity index (χ0) is 21.3. The van der Waals surface area contributed by atoms with E-state index in [0.29, 0.717) is 34.5 Å². The monoisotopic (exact) mass is 420 g/mol. The first-order valence-electron chi connectivity index (χ1n) is 9.35. The van der Waals surface area contributed by atoms with Crippen LogP contribution in [-0.4, -0.2) is 30.1 Å². The molecule has 152 valence electrons. The summed E-state index contributed by atoms with van der Waals surface area (Å²) in [6.07, 6.45) is 1.63. The second kappa shape index (κ2) is 8.03. The van der Waals surface area contributed by atoms with Crippen LogP contribution >= 0.6 is 11.3 Å². The highest BCUT2D eigenvalue weighted by molar-refractivity contribution is 7.13. The van der Waals surface area contributed by atoms with Gasteiger partial charge in [0, 0.05) is 28.7 Å². The first-order valence-corrected chi connectivity index (χ1v) is 10.2. The topological polar surface area (TPSA) is 94.2 Å². The highest BCUT2D eigenvalue weighted by atomic mass is 32.1. The van der Waals surface area contributed by atoms with Crippen LogP contribution < -0.4 is 10.9 Å². The van der Waals surface area contributed by atoms with E-state index in [2.05, 4.69) is 27.0 Å². The molecular formula is C21H20N6O2S. The number of allylic oxidation sites excluding steroid dienone is 1. The molecule has 0 bridgehead atoms. The van der Waals surface area contributed by atoms with Gasteiger partial charge in [0.15, 0.2) is 11.0 Å². The average Bonchev–Trinajstić information content (AvgIpc) is 3.36. The Bertz CT molecular complexity index is 1300. The van der Waals surface area contributed by atoms with Gasteiger partial charge >= 0.3 is 0 Å². The number of fused-ring (bicyclic) bond motifs is 1. The number of amides is 1. The standard InChI is InChI=1S/C21H20N6O2S/c1-4-10-26-14(3)16(11-17(28)23-20-22-13(2)12-30-20)19(29)27-21(26)24-18(25-27)15-8-6-5-7-9-15/h4-9,12H,1,10-11H2,2-3H3,(H,22,23,28). The van der Waals surface area contributed by atoms with Crippen LogP contribution in [0.4, 0.5) is 5.13 Å². The summed E-state index contributed by atoms with van der Waals surface area (Å²) >= 11 is 1.34. The normalized spacial score (nSPS) is 11.0. The minimum Gasteiger partial charge on any atom is -0.310 e. The van der Waals surface area contributed by atoms with Crippen molar-refractivity contribution in [1.82, 2.24) is 24.1 Å². The second-order valence-electron chi connectivity index (χ2n) is 6.80. The summed E-state index contributed by atoms with van der Waals surface area (Å²) in [4.78, 5) is 34.5. The van der Waals surface area contributed by atoms with Gasteiger partial charge < -0.3 is 9.88 Å². The first-order chi connectivity index (χ1) is 14.5. The molecule has 0 atom stereocenters. The first kappa shape index (κ1) is 19.7. The molecule has 0 fully saturated rings. The minimum absolute atomic E-state index is 0.0864. The van der Waals surface area contributed by atoms with Crippen LogP contribution in [0.3, 0.4) is 0 Å². The third-order valence-corrected chi connectivity index (χ3v) is 5.55. The largest absolute Gasteiger partial charge is 0.310 e. The van der Waals surface area contributed by atoms with Gasteiger partial charge in [0.25, 0.3) is 5.56 Å². The molecule has 30 heavy (non-hydrogen) atoms. The molecule has 0 aliphatic carbocycles. The molecule has 3 heterocycles. The van der Waals surface area contributed by atoms with Crippen LogP contribution in [-0.2, 0) is 17.8 Å². The van der Waals surface area contributed by atoms with E-state index >= 15 is 0 Å². The average molecular weight is 420 g/mol. The maximum atomic E-state index is 13.2. The van der Waals surface area contributed by atoms with Crippen LogP contribution in [0.15, 0.2) is 53.2 Å². The van der Waals surface area contributed by atoms with E-state index in [1.807, 2.05) is 47.2 Å². The summed E-state index contributed by atoms with van der Waals surface area (Å²) in [5, 5.41) is 9.53. The molecule has 0 saturated carbocycles. The smallest absolute Gasteiger partial charge is 0.279 e. The van der Waals surface area contributed by atoms with Crippen LogP contribution in [0.25, 0.3) is 17.2 Å². The summed E-state index contributed by atoms with van der Waals surface area (Å²) in [7, 11) is 0.